The summed E-state index contributed by atoms with van der Waals surface area (Å²) in [4.78, 5) is 20.2. The van der Waals surface area contributed by atoms with Crippen LogP contribution in [0.2, 0.25) is 0 Å². The molecule has 1 saturated heterocycles. The van der Waals surface area contributed by atoms with Crippen molar-refractivity contribution in [1.82, 2.24) is 9.97 Å². The second-order valence-electron chi connectivity index (χ2n) is 4.19. The predicted molar refractivity (Wildman–Crippen MR) is 67.1 cm³/mol. The molecule has 6 heteroatoms. The summed E-state index contributed by atoms with van der Waals surface area (Å²) in [7, 11) is 0. The molecule has 1 aromatic carbocycles. The first kappa shape index (κ1) is 11.0. The van der Waals surface area contributed by atoms with Gasteiger partial charge in [-0.3, -0.25) is 0 Å². The summed E-state index contributed by atoms with van der Waals surface area (Å²) in [5.74, 6) is 0.773. The summed E-state index contributed by atoms with van der Waals surface area (Å²) >= 11 is 0. The zero-order valence-corrected chi connectivity index (χ0v) is 9.72. The molecule has 0 unspecified atom stereocenters. The number of phenols is 1. The molecule has 1 fully saturated rings. The number of fused-ring (bicyclic) bond motifs is 1. The van der Waals surface area contributed by atoms with Gasteiger partial charge in [0.05, 0.1) is 18.7 Å². The van der Waals surface area contributed by atoms with Crippen molar-refractivity contribution in [3.8, 4) is 5.75 Å². The van der Waals surface area contributed by atoms with Crippen molar-refractivity contribution >= 4 is 16.7 Å². The van der Waals surface area contributed by atoms with E-state index in [1.807, 2.05) is 4.90 Å². The second-order valence-corrected chi connectivity index (χ2v) is 4.19. The largest absolute Gasteiger partial charge is 0.508 e. The molecule has 0 amide bonds. The monoisotopic (exact) mass is 247 g/mol. The molecule has 2 N–H and O–H groups in total. The minimum absolute atomic E-state index is 0.122. The van der Waals surface area contributed by atoms with Crippen molar-refractivity contribution < 1.29 is 9.84 Å². The van der Waals surface area contributed by atoms with E-state index in [2.05, 4.69) is 9.97 Å². The van der Waals surface area contributed by atoms with Crippen LogP contribution in [0.4, 0.5) is 5.82 Å². The number of aromatic hydroxyl groups is 1. The molecule has 2 heterocycles. The lowest BCUT2D eigenvalue weighted by Crippen LogP contribution is -2.37. The first-order chi connectivity index (χ1) is 8.74. The van der Waals surface area contributed by atoms with E-state index >= 15 is 0 Å². The van der Waals surface area contributed by atoms with Crippen LogP contribution in [0, 0.1) is 0 Å². The Morgan fingerprint density at radius 2 is 2.11 bits per heavy atom. The van der Waals surface area contributed by atoms with Crippen LogP contribution < -0.4 is 10.6 Å². The number of aromatic amines is 1. The van der Waals surface area contributed by atoms with Gasteiger partial charge in [-0.2, -0.15) is 4.98 Å². The lowest BCUT2D eigenvalue weighted by Gasteiger charge is -2.28. The normalized spacial score (nSPS) is 16.1. The highest BCUT2D eigenvalue weighted by molar-refractivity contribution is 5.90. The van der Waals surface area contributed by atoms with Crippen molar-refractivity contribution in [2.75, 3.05) is 31.2 Å². The number of anilines is 1. The molecule has 0 radical (unpaired) electrons. The van der Waals surface area contributed by atoms with Crippen LogP contribution >= 0.6 is 0 Å². The van der Waals surface area contributed by atoms with Gasteiger partial charge >= 0.3 is 5.69 Å². The molecular weight excluding hydrogens is 234 g/mol. The highest BCUT2D eigenvalue weighted by Crippen LogP contribution is 2.25. The van der Waals surface area contributed by atoms with Crippen LogP contribution in [0.5, 0.6) is 5.75 Å². The number of rotatable bonds is 1. The van der Waals surface area contributed by atoms with Gasteiger partial charge in [-0.25, -0.2) is 4.79 Å². The van der Waals surface area contributed by atoms with E-state index in [0.29, 0.717) is 37.6 Å². The zero-order chi connectivity index (χ0) is 12.5. The first-order valence-corrected chi connectivity index (χ1v) is 5.80. The molecule has 18 heavy (non-hydrogen) atoms. The number of hydrogen-bond acceptors (Lipinski definition) is 5. The fraction of sp³-hybridized carbons (Fsp3) is 0.333. The molecule has 0 spiro atoms. The number of morpholine rings is 1. The fourth-order valence-corrected chi connectivity index (χ4v) is 2.15. The van der Waals surface area contributed by atoms with Crippen LogP contribution in [0.15, 0.2) is 23.0 Å². The van der Waals surface area contributed by atoms with Gasteiger partial charge in [-0.1, -0.05) is 0 Å². The Morgan fingerprint density at radius 1 is 1.33 bits per heavy atom. The van der Waals surface area contributed by atoms with E-state index < -0.39 is 5.69 Å². The molecule has 0 bridgehead atoms. The number of benzene rings is 1. The average Bonchev–Trinajstić information content (AvgIpc) is 2.38. The molecule has 0 atom stereocenters. The Morgan fingerprint density at radius 3 is 2.89 bits per heavy atom. The average molecular weight is 247 g/mol. The summed E-state index contributed by atoms with van der Waals surface area (Å²) in [5, 5.41) is 10.3. The second kappa shape index (κ2) is 4.30. The van der Waals surface area contributed by atoms with E-state index in [-0.39, 0.29) is 5.75 Å². The van der Waals surface area contributed by atoms with E-state index in [1.165, 1.54) is 6.07 Å². The first-order valence-electron chi connectivity index (χ1n) is 5.80. The fourth-order valence-electron chi connectivity index (χ4n) is 2.15. The van der Waals surface area contributed by atoms with Crippen LogP contribution in [0.3, 0.4) is 0 Å². The molecule has 0 aliphatic carbocycles. The maximum Gasteiger partial charge on any atom is 0.347 e. The maximum atomic E-state index is 11.6. The Kier molecular flexibility index (Phi) is 2.64. The van der Waals surface area contributed by atoms with Gasteiger partial charge in [0.2, 0.25) is 0 Å². The topological polar surface area (TPSA) is 78.5 Å². The molecule has 1 aromatic heterocycles. The van der Waals surface area contributed by atoms with Crippen LogP contribution in [-0.4, -0.2) is 41.4 Å². The van der Waals surface area contributed by atoms with Gasteiger partial charge in [0.15, 0.2) is 0 Å². The number of nitrogens with zero attached hydrogens (tertiary/aromatic N) is 2. The summed E-state index contributed by atoms with van der Waals surface area (Å²) in [6.07, 6.45) is 0. The van der Waals surface area contributed by atoms with Crippen molar-refractivity contribution in [3.05, 3.63) is 28.7 Å². The predicted octanol–water partition coefficient (Wildman–Crippen LogP) is 0.465. The number of hydrogen-bond donors (Lipinski definition) is 2. The van der Waals surface area contributed by atoms with E-state index in [9.17, 15) is 9.90 Å². The molecule has 1 aliphatic heterocycles. The van der Waals surface area contributed by atoms with Gasteiger partial charge in [0, 0.05) is 24.5 Å². The molecule has 1 aliphatic rings. The lowest BCUT2D eigenvalue weighted by atomic mass is 10.2. The van der Waals surface area contributed by atoms with E-state index in [4.69, 9.17) is 4.74 Å². The lowest BCUT2D eigenvalue weighted by molar-refractivity contribution is 0.122. The van der Waals surface area contributed by atoms with Gasteiger partial charge in [-0.05, 0) is 12.1 Å². The number of nitrogens with one attached hydrogen (secondary N) is 1. The Bertz CT molecular complexity index is 632. The third kappa shape index (κ3) is 1.91. The molecule has 3 rings (SSSR count). The summed E-state index contributed by atoms with van der Waals surface area (Å²) in [6, 6.07) is 4.88. The molecule has 0 saturated carbocycles. The van der Waals surface area contributed by atoms with Crippen molar-refractivity contribution in [2.24, 2.45) is 0 Å². The zero-order valence-electron chi connectivity index (χ0n) is 9.72. The van der Waals surface area contributed by atoms with Crippen LogP contribution in [-0.2, 0) is 4.74 Å². The Balaban J connectivity index is 2.17. The summed E-state index contributed by atoms with van der Waals surface area (Å²) in [6.45, 7) is 2.70. The Labute approximate surface area is 103 Å². The van der Waals surface area contributed by atoms with E-state index in [1.54, 1.807) is 12.1 Å². The number of H-pyrrole nitrogens is 1. The van der Waals surface area contributed by atoms with Crippen molar-refractivity contribution in [2.45, 2.75) is 0 Å². The maximum absolute atomic E-state index is 11.6. The summed E-state index contributed by atoms with van der Waals surface area (Å²) < 4.78 is 5.29. The molecule has 6 nitrogen and oxygen atoms in total. The van der Waals surface area contributed by atoms with Gasteiger partial charge in [0.25, 0.3) is 0 Å². The number of aromatic nitrogens is 2. The minimum Gasteiger partial charge on any atom is -0.508 e. The third-order valence-corrected chi connectivity index (χ3v) is 3.00. The molecular formula is C12H13N3O3. The standard InChI is InChI=1S/C12H13N3O3/c16-8-1-2-9-10(7-8)13-12(17)14-11(9)15-3-5-18-6-4-15/h1-2,7,16H,3-6H2,(H,13,14,17). The van der Waals surface area contributed by atoms with Gasteiger partial charge in [-0.15, -0.1) is 0 Å². The van der Waals surface area contributed by atoms with Crippen LogP contribution in [0.25, 0.3) is 10.9 Å². The molecule has 94 valence electrons. The SMILES string of the molecule is O=c1nc(N2CCOCC2)c2ccc(O)cc2[nH]1. The number of ether oxygens (including phenoxy) is 1. The summed E-state index contributed by atoms with van der Waals surface area (Å²) in [5.41, 5.74) is 0.186. The minimum atomic E-state index is -0.408. The molecule has 2 aromatic rings. The third-order valence-electron chi connectivity index (χ3n) is 3.00. The highest BCUT2D eigenvalue weighted by Gasteiger charge is 2.16. The van der Waals surface area contributed by atoms with E-state index in [0.717, 1.165) is 5.39 Å². The van der Waals surface area contributed by atoms with Gasteiger partial charge < -0.3 is 19.7 Å². The van der Waals surface area contributed by atoms with Gasteiger partial charge in [0.1, 0.15) is 11.6 Å². The van der Waals surface area contributed by atoms with Crippen molar-refractivity contribution in [3.63, 3.8) is 0 Å². The quantitative estimate of drug-likeness (QED) is 0.765. The number of phenolic OH excluding ortho intramolecular Hbond substituents is 1. The highest BCUT2D eigenvalue weighted by atomic mass is 16.5. The smallest absolute Gasteiger partial charge is 0.347 e. The van der Waals surface area contributed by atoms with Crippen molar-refractivity contribution in [1.29, 1.82) is 0 Å². The Hall–Kier alpha value is -2.08. The van der Waals surface area contributed by atoms with Crippen LogP contribution in [0.1, 0.15) is 0 Å².